The fraction of sp³-hybridized carbons (Fsp3) is 0.0714. The molecule has 0 fully saturated rings. The standard InChI is InChI=1S/C28H23NO6S2/c30-36(31,32)25-15-14-21(27(17-25)37(33,34)35)9-6-19-7-10-22(11-8-19)28-26-16-23(12-13-24(26)18-29-28)20-4-2-1-3-5-20/h1-17,28-29H,18H2,(H,30,31,32)(H,33,34,35). The summed E-state index contributed by atoms with van der Waals surface area (Å²) in [5, 5.41) is 3.55. The van der Waals surface area contributed by atoms with Crippen LogP contribution in [0.5, 0.6) is 0 Å². The predicted molar refractivity (Wildman–Crippen MR) is 142 cm³/mol. The number of fused-ring (bicyclic) bond motifs is 1. The van der Waals surface area contributed by atoms with E-state index in [1.807, 2.05) is 42.5 Å². The summed E-state index contributed by atoms with van der Waals surface area (Å²) in [5.74, 6) is 0. The van der Waals surface area contributed by atoms with Gasteiger partial charge in [0.1, 0.15) is 4.90 Å². The third kappa shape index (κ3) is 5.41. The first-order chi connectivity index (χ1) is 17.6. The number of benzene rings is 4. The minimum Gasteiger partial charge on any atom is -0.302 e. The van der Waals surface area contributed by atoms with E-state index in [1.54, 1.807) is 6.08 Å². The Morgan fingerprint density at radius 2 is 1.46 bits per heavy atom. The lowest BCUT2D eigenvalue weighted by atomic mass is 9.94. The Morgan fingerprint density at radius 1 is 0.730 bits per heavy atom. The number of nitrogens with one attached hydrogen (secondary N) is 1. The van der Waals surface area contributed by atoms with Gasteiger partial charge >= 0.3 is 0 Å². The molecule has 37 heavy (non-hydrogen) atoms. The van der Waals surface area contributed by atoms with Gasteiger partial charge in [-0.05, 0) is 57.1 Å². The lowest BCUT2D eigenvalue weighted by Crippen LogP contribution is -2.13. The van der Waals surface area contributed by atoms with Crippen LogP contribution in [0.3, 0.4) is 0 Å². The smallest absolute Gasteiger partial charge is 0.295 e. The summed E-state index contributed by atoms with van der Waals surface area (Å²) in [4.78, 5) is -1.24. The van der Waals surface area contributed by atoms with Gasteiger partial charge in [0.2, 0.25) is 0 Å². The first-order valence-corrected chi connectivity index (χ1v) is 14.3. The SMILES string of the molecule is O=S(=O)(O)c1ccc(C=Cc2ccc(C3NCc4ccc(-c5ccccc5)cc43)cc2)c(S(=O)(=O)O)c1. The van der Waals surface area contributed by atoms with Gasteiger partial charge in [0.05, 0.1) is 10.9 Å². The van der Waals surface area contributed by atoms with Gasteiger partial charge in [-0.15, -0.1) is 0 Å². The normalized spacial score (nSPS) is 15.7. The van der Waals surface area contributed by atoms with Crippen molar-refractivity contribution in [2.45, 2.75) is 22.4 Å². The van der Waals surface area contributed by atoms with Crippen LogP contribution in [0.4, 0.5) is 0 Å². The minimum absolute atomic E-state index is 0.0378. The molecule has 4 aromatic carbocycles. The van der Waals surface area contributed by atoms with Gasteiger partial charge in [-0.25, -0.2) is 0 Å². The average Bonchev–Trinajstić information content (AvgIpc) is 3.30. The van der Waals surface area contributed by atoms with Crippen molar-refractivity contribution < 1.29 is 25.9 Å². The predicted octanol–water partition coefficient (Wildman–Crippen LogP) is 5.21. The maximum absolute atomic E-state index is 11.8. The minimum atomic E-state index is -4.73. The van der Waals surface area contributed by atoms with E-state index in [4.69, 9.17) is 0 Å². The van der Waals surface area contributed by atoms with Gasteiger partial charge in [0.25, 0.3) is 20.2 Å². The monoisotopic (exact) mass is 533 g/mol. The van der Waals surface area contributed by atoms with Gasteiger partial charge in [-0.3, -0.25) is 9.11 Å². The number of rotatable bonds is 6. The number of hydrogen-bond acceptors (Lipinski definition) is 5. The second kappa shape index (κ2) is 9.70. The molecule has 0 amide bonds. The van der Waals surface area contributed by atoms with Crippen molar-refractivity contribution in [3.05, 3.63) is 119 Å². The van der Waals surface area contributed by atoms with Crippen molar-refractivity contribution >= 4 is 32.4 Å². The molecular weight excluding hydrogens is 510 g/mol. The molecule has 0 saturated carbocycles. The van der Waals surface area contributed by atoms with Crippen molar-refractivity contribution in [3.8, 4) is 11.1 Å². The molecule has 4 aromatic rings. The zero-order valence-corrected chi connectivity index (χ0v) is 21.1. The van der Waals surface area contributed by atoms with E-state index in [0.29, 0.717) is 0 Å². The van der Waals surface area contributed by atoms with Crippen LogP contribution in [0.15, 0.2) is 101 Å². The zero-order valence-electron chi connectivity index (χ0n) is 19.4. The summed E-state index contributed by atoms with van der Waals surface area (Å²) in [6, 6.07) is 27.5. The molecule has 1 heterocycles. The van der Waals surface area contributed by atoms with Gasteiger partial charge in [-0.1, -0.05) is 84.9 Å². The molecule has 1 aliphatic heterocycles. The Balaban J connectivity index is 1.41. The van der Waals surface area contributed by atoms with E-state index in [2.05, 4.69) is 35.6 Å². The molecule has 1 atom stereocenters. The maximum atomic E-state index is 11.8. The molecule has 0 bridgehead atoms. The lowest BCUT2D eigenvalue weighted by molar-refractivity contribution is 0.481. The third-order valence-electron chi connectivity index (χ3n) is 6.35. The van der Waals surface area contributed by atoms with Crippen molar-refractivity contribution in [2.75, 3.05) is 0 Å². The van der Waals surface area contributed by atoms with Crippen LogP contribution >= 0.6 is 0 Å². The highest BCUT2D eigenvalue weighted by Gasteiger charge is 2.24. The Morgan fingerprint density at radius 3 is 2.14 bits per heavy atom. The summed E-state index contributed by atoms with van der Waals surface area (Å²) in [5.41, 5.74) is 6.73. The first kappa shape index (κ1) is 25.1. The van der Waals surface area contributed by atoms with Crippen molar-refractivity contribution in [1.82, 2.24) is 5.32 Å². The highest BCUT2D eigenvalue weighted by Crippen LogP contribution is 2.34. The molecular formula is C28H23NO6S2. The van der Waals surface area contributed by atoms with Crippen molar-refractivity contribution in [1.29, 1.82) is 0 Å². The molecule has 0 saturated heterocycles. The molecule has 3 N–H and O–H groups in total. The molecule has 7 nitrogen and oxygen atoms in total. The topological polar surface area (TPSA) is 121 Å². The summed E-state index contributed by atoms with van der Waals surface area (Å²) >= 11 is 0. The molecule has 1 unspecified atom stereocenters. The van der Waals surface area contributed by atoms with E-state index in [1.165, 1.54) is 23.3 Å². The van der Waals surface area contributed by atoms with Gasteiger partial charge in [0.15, 0.2) is 0 Å². The lowest BCUT2D eigenvalue weighted by Gasteiger charge is -2.14. The highest BCUT2D eigenvalue weighted by molar-refractivity contribution is 7.86. The average molecular weight is 534 g/mol. The highest BCUT2D eigenvalue weighted by atomic mass is 32.2. The zero-order chi connectivity index (χ0) is 26.2. The van der Waals surface area contributed by atoms with E-state index in [-0.39, 0.29) is 11.6 Å². The van der Waals surface area contributed by atoms with E-state index in [0.717, 1.165) is 40.9 Å². The van der Waals surface area contributed by atoms with E-state index < -0.39 is 30.0 Å². The third-order valence-corrected chi connectivity index (χ3v) is 8.11. The molecule has 0 aromatic heterocycles. The second-order valence-corrected chi connectivity index (χ2v) is 11.6. The van der Waals surface area contributed by atoms with Gasteiger partial charge in [-0.2, -0.15) is 16.8 Å². The largest absolute Gasteiger partial charge is 0.302 e. The van der Waals surface area contributed by atoms with Crippen LogP contribution in [0.25, 0.3) is 23.3 Å². The van der Waals surface area contributed by atoms with E-state index in [9.17, 15) is 25.9 Å². The van der Waals surface area contributed by atoms with Crippen LogP contribution in [0.2, 0.25) is 0 Å². The number of hydrogen-bond donors (Lipinski definition) is 3. The first-order valence-electron chi connectivity index (χ1n) is 11.4. The van der Waals surface area contributed by atoms with Crippen LogP contribution in [0, 0.1) is 0 Å². The fourth-order valence-corrected chi connectivity index (χ4v) is 5.77. The van der Waals surface area contributed by atoms with Crippen LogP contribution < -0.4 is 5.32 Å². The second-order valence-electron chi connectivity index (χ2n) is 8.74. The molecule has 0 radical (unpaired) electrons. The Labute approximate surface area is 215 Å². The summed E-state index contributed by atoms with van der Waals surface area (Å²) in [6.07, 6.45) is 3.12. The van der Waals surface area contributed by atoms with Crippen molar-refractivity contribution in [2.24, 2.45) is 0 Å². The summed E-state index contributed by atoms with van der Waals surface area (Å²) < 4.78 is 65.1. The molecule has 0 aliphatic carbocycles. The summed E-state index contributed by atoms with van der Waals surface area (Å²) in [7, 11) is -9.35. The maximum Gasteiger partial charge on any atom is 0.295 e. The molecule has 5 rings (SSSR count). The Kier molecular flexibility index (Phi) is 6.57. The Bertz CT molecular complexity index is 1710. The molecule has 0 spiro atoms. The molecule has 9 heteroatoms. The summed E-state index contributed by atoms with van der Waals surface area (Å²) in [6.45, 7) is 0.773. The van der Waals surface area contributed by atoms with Gasteiger partial charge < -0.3 is 5.32 Å². The van der Waals surface area contributed by atoms with Crippen LogP contribution in [-0.2, 0) is 26.8 Å². The van der Waals surface area contributed by atoms with Crippen LogP contribution in [-0.4, -0.2) is 25.9 Å². The molecule has 188 valence electrons. The Hall–Kier alpha value is -3.60. The van der Waals surface area contributed by atoms with Crippen molar-refractivity contribution in [3.63, 3.8) is 0 Å². The fourth-order valence-electron chi connectivity index (χ4n) is 4.48. The van der Waals surface area contributed by atoms with E-state index >= 15 is 0 Å². The van der Waals surface area contributed by atoms with Crippen LogP contribution in [0.1, 0.15) is 33.9 Å². The quantitative estimate of drug-likeness (QED) is 0.230. The molecule has 1 aliphatic rings. The van der Waals surface area contributed by atoms with Gasteiger partial charge in [0, 0.05) is 6.54 Å².